The first-order valence-corrected chi connectivity index (χ1v) is 17.5. The van der Waals surface area contributed by atoms with Crippen LogP contribution in [0.15, 0.2) is 4.99 Å². The molecule has 0 rings (SSSR count). The minimum atomic E-state index is -1.65. The Balaban J connectivity index is 5.11. The molecule has 23 heteroatoms. The van der Waals surface area contributed by atoms with E-state index < -0.39 is 128 Å². The highest BCUT2D eigenvalue weighted by molar-refractivity contribution is 5.89. The number of carboxylic acid groups (broad SMARTS) is 4. The summed E-state index contributed by atoms with van der Waals surface area (Å²) in [6.45, 7) is 3.58. The summed E-state index contributed by atoms with van der Waals surface area (Å²) >= 11 is 0. The van der Waals surface area contributed by atoms with Crippen molar-refractivity contribution in [1.82, 2.24) is 31.9 Å². The van der Waals surface area contributed by atoms with Crippen LogP contribution in [0.2, 0.25) is 0 Å². The van der Waals surface area contributed by atoms with Gasteiger partial charge < -0.3 is 63.8 Å². The lowest BCUT2D eigenvalue weighted by atomic mass is 10.1. The zero-order valence-electron chi connectivity index (χ0n) is 30.8. The van der Waals surface area contributed by atoms with Gasteiger partial charge in [-0.15, -0.1) is 0 Å². The van der Waals surface area contributed by atoms with Gasteiger partial charge in [0.2, 0.25) is 35.4 Å². The van der Waals surface area contributed by atoms with Crippen LogP contribution in [0.5, 0.6) is 0 Å². The van der Waals surface area contributed by atoms with Crippen LogP contribution >= 0.6 is 0 Å². The van der Waals surface area contributed by atoms with Gasteiger partial charge in [0, 0.05) is 45.7 Å². The number of amides is 6. The first-order chi connectivity index (χ1) is 25.8. The monoisotopic (exact) mass is 787 g/mol. The zero-order chi connectivity index (χ0) is 42.1. The normalized spacial score (nSPS) is 13.3. The van der Waals surface area contributed by atoms with Gasteiger partial charge in [-0.05, 0) is 44.9 Å². The number of hydrogen-bond donors (Lipinski definition) is 12. The molecule has 0 aliphatic rings. The number of nitrogens with zero attached hydrogens (tertiary/aromatic N) is 1. The van der Waals surface area contributed by atoms with Crippen molar-refractivity contribution in [3.8, 4) is 0 Å². The third-order valence-corrected chi connectivity index (χ3v) is 7.64. The fraction of sp³-hybridized carbons (Fsp3) is 0.656. The molecule has 0 spiro atoms. The Kier molecular flexibility index (Phi) is 23.8. The summed E-state index contributed by atoms with van der Waals surface area (Å²) in [6, 6.07) is -7.20. The van der Waals surface area contributed by atoms with Crippen LogP contribution in [0.4, 0.5) is 0 Å². The van der Waals surface area contributed by atoms with Gasteiger partial charge in [-0.3, -0.25) is 33.8 Å². The van der Waals surface area contributed by atoms with E-state index in [1.54, 1.807) is 0 Å². The van der Waals surface area contributed by atoms with Crippen LogP contribution in [-0.2, 0) is 47.9 Å². The number of nitrogens with one attached hydrogen (secondary N) is 6. The molecule has 0 bridgehead atoms. The molecular weight excluding hydrogens is 734 g/mol. The maximum atomic E-state index is 12.7. The minimum absolute atomic E-state index is 0.140. The minimum Gasteiger partial charge on any atom is -0.480 e. The molecule has 55 heavy (non-hydrogen) atoms. The van der Waals surface area contributed by atoms with E-state index in [1.165, 1.54) is 0 Å². The molecule has 0 saturated heterocycles. The lowest BCUT2D eigenvalue weighted by molar-refractivity contribution is -0.144. The molecule has 0 aromatic rings. The van der Waals surface area contributed by atoms with Crippen LogP contribution < -0.4 is 43.4 Å². The number of aliphatic imine (C=N–C) groups is 1. The summed E-state index contributed by atoms with van der Waals surface area (Å²) < 4.78 is 0. The largest absolute Gasteiger partial charge is 0.480 e. The Morgan fingerprint density at radius 2 is 0.873 bits per heavy atom. The molecule has 23 nitrogen and oxygen atoms in total. The predicted molar refractivity (Wildman–Crippen MR) is 191 cm³/mol. The summed E-state index contributed by atoms with van der Waals surface area (Å²) in [7, 11) is 0. The Morgan fingerprint density at radius 1 is 0.527 bits per heavy atom. The first-order valence-electron chi connectivity index (χ1n) is 17.5. The van der Waals surface area contributed by atoms with Crippen LogP contribution in [0, 0.1) is 0 Å². The standard InChI is InChI=1S/C32H53N9O14/c1-3-4-15-35-27(47)18(6-5-16-36-32(33)34)38-23(43)12-8-20(29(50)51)40-25(45)14-10-22(31(54)55)41-26(46)13-9-21(30(52)53)39-24(44)11-7-19(28(48)49)37-17(2)42/h18-22H,3-16H2,1-2H3,(H,35,47)(H,37,42)(H,38,43)(H,39,44)(H,40,45)(H,41,46)(H,48,49)(H,50,51)(H,52,53)(H,54,55)(H4,33,34,36). The third kappa shape index (κ3) is 23.3. The average Bonchev–Trinajstić information content (AvgIpc) is 3.09. The van der Waals surface area contributed by atoms with Gasteiger partial charge >= 0.3 is 23.9 Å². The molecule has 0 radical (unpaired) electrons. The van der Waals surface area contributed by atoms with Gasteiger partial charge in [-0.2, -0.15) is 0 Å². The smallest absolute Gasteiger partial charge is 0.326 e. The molecule has 310 valence electrons. The number of nitrogens with two attached hydrogens (primary N) is 2. The van der Waals surface area contributed by atoms with Crippen molar-refractivity contribution in [3.63, 3.8) is 0 Å². The Hall–Kier alpha value is -6.03. The second-order valence-electron chi connectivity index (χ2n) is 12.3. The Morgan fingerprint density at radius 3 is 1.18 bits per heavy atom. The molecule has 0 aromatic carbocycles. The number of hydrogen-bond acceptors (Lipinski definition) is 11. The van der Waals surface area contributed by atoms with Crippen LogP contribution in [0.3, 0.4) is 0 Å². The molecule has 6 amide bonds. The quantitative estimate of drug-likeness (QED) is 0.0202. The predicted octanol–water partition coefficient (Wildman–Crippen LogP) is -3.14. The molecule has 0 saturated carbocycles. The molecule has 0 aromatic heterocycles. The number of carboxylic acids is 4. The molecule has 0 fully saturated rings. The van der Waals surface area contributed by atoms with Crippen LogP contribution in [0.25, 0.3) is 0 Å². The van der Waals surface area contributed by atoms with Crippen molar-refractivity contribution in [2.45, 2.75) is 121 Å². The summed E-state index contributed by atoms with van der Waals surface area (Å²) in [5, 5.41) is 51.5. The number of rotatable bonds is 29. The lowest BCUT2D eigenvalue weighted by Gasteiger charge is -2.20. The average molecular weight is 788 g/mol. The van der Waals surface area contributed by atoms with E-state index in [1.807, 2.05) is 6.92 Å². The van der Waals surface area contributed by atoms with Gasteiger partial charge in [0.1, 0.15) is 30.2 Å². The second-order valence-corrected chi connectivity index (χ2v) is 12.3. The molecule has 5 unspecified atom stereocenters. The van der Waals surface area contributed by atoms with Crippen molar-refractivity contribution < 1.29 is 68.4 Å². The van der Waals surface area contributed by atoms with Crippen molar-refractivity contribution in [2.24, 2.45) is 16.5 Å². The van der Waals surface area contributed by atoms with Crippen LogP contribution in [0.1, 0.15) is 90.9 Å². The highest BCUT2D eigenvalue weighted by atomic mass is 16.4. The van der Waals surface area contributed by atoms with Crippen molar-refractivity contribution in [2.75, 3.05) is 13.1 Å². The molecular formula is C32H53N9O14. The Bertz CT molecular complexity index is 1400. The summed E-state index contributed by atoms with van der Waals surface area (Å²) in [5.74, 6) is -10.7. The van der Waals surface area contributed by atoms with Crippen molar-refractivity contribution in [3.05, 3.63) is 0 Å². The van der Waals surface area contributed by atoms with E-state index in [4.69, 9.17) is 16.6 Å². The van der Waals surface area contributed by atoms with E-state index in [9.17, 15) is 63.3 Å². The van der Waals surface area contributed by atoms with E-state index in [0.717, 1.165) is 13.3 Å². The van der Waals surface area contributed by atoms with Gasteiger partial charge in [-0.25, -0.2) is 19.2 Å². The highest BCUT2D eigenvalue weighted by Gasteiger charge is 2.28. The third-order valence-electron chi connectivity index (χ3n) is 7.64. The van der Waals surface area contributed by atoms with E-state index in [0.29, 0.717) is 19.4 Å². The molecule has 0 aliphatic carbocycles. The number of guanidine groups is 1. The Labute approximate surface area is 316 Å². The van der Waals surface area contributed by atoms with E-state index in [2.05, 4.69) is 36.9 Å². The molecule has 0 aliphatic heterocycles. The first kappa shape index (κ1) is 49.0. The van der Waals surface area contributed by atoms with E-state index in [-0.39, 0.29) is 31.8 Å². The zero-order valence-corrected chi connectivity index (χ0v) is 30.8. The molecule has 0 heterocycles. The van der Waals surface area contributed by atoms with Gasteiger partial charge in [0.05, 0.1) is 0 Å². The molecule has 14 N–H and O–H groups in total. The maximum Gasteiger partial charge on any atom is 0.326 e. The topological polar surface area (TPSA) is 388 Å². The van der Waals surface area contributed by atoms with Gasteiger partial charge in [0.15, 0.2) is 5.96 Å². The summed E-state index contributed by atoms with van der Waals surface area (Å²) in [5.41, 5.74) is 10.6. The lowest BCUT2D eigenvalue weighted by Crippen LogP contribution is -2.48. The van der Waals surface area contributed by atoms with Gasteiger partial charge in [0.25, 0.3) is 0 Å². The van der Waals surface area contributed by atoms with Crippen molar-refractivity contribution in [1.29, 1.82) is 0 Å². The fourth-order valence-electron chi connectivity index (χ4n) is 4.73. The SMILES string of the molecule is CCCCNC(=O)C(CCCN=C(N)N)NC(=O)CCC(NC(=O)CCC(NC(=O)CCC(NC(=O)CCC(NC(C)=O)C(=O)O)C(=O)O)C(=O)O)C(=O)O. The van der Waals surface area contributed by atoms with Gasteiger partial charge in [-0.1, -0.05) is 13.3 Å². The number of carbonyl (C=O) groups excluding carboxylic acids is 6. The molecule has 5 atom stereocenters. The summed E-state index contributed by atoms with van der Waals surface area (Å²) in [4.78, 5) is 124. The van der Waals surface area contributed by atoms with Crippen molar-refractivity contribution >= 4 is 65.3 Å². The number of aliphatic carboxylic acids is 4. The second kappa shape index (κ2) is 26.7. The maximum absolute atomic E-state index is 12.7. The fourth-order valence-corrected chi connectivity index (χ4v) is 4.73. The van der Waals surface area contributed by atoms with E-state index >= 15 is 0 Å². The van der Waals surface area contributed by atoms with Crippen LogP contribution in [-0.4, -0.2) is 129 Å². The highest BCUT2D eigenvalue weighted by Crippen LogP contribution is 2.07. The number of unbranched alkanes of at least 4 members (excludes halogenated alkanes) is 1. The summed E-state index contributed by atoms with van der Waals surface area (Å²) in [6.07, 6.45) is -1.75. The number of carbonyl (C=O) groups is 10.